The van der Waals surface area contributed by atoms with Gasteiger partial charge in [0.15, 0.2) is 0 Å². The summed E-state index contributed by atoms with van der Waals surface area (Å²) < 4.78 is 40.5. The molecule has 3 nitrogen and oxygen atoms in total. The molecule has 1 N–H and O–H groups in total. The molecule has 0 heterocycles. The maximum absolute atomic E-state index is 13.6. The molecule has 0 atom stereocenters. The van der Waals surface area contributed by atoms with E-state index < -0.39 is 15.8 Å². The van der Waals surface area contributed by atoms with Crippen molar-refractivity contribution in [2.45, 2.75) is 4.90 Å². The zero-order valence-electron chi connectivity index (χ0n) is 9.40. The van der Waals surface area contributed by atoms with Gasteiger partial charge in [0.1, 0.15) is 5.82 Å². The summed E-state index contributed by atoms with van der Waals surface area (Å²) >= 11 is 7.63. The van der Waals surface area contributed by atoms with E-state index in [2.05, 4.69) is 4.72 Å². The number of anilines is 1. The van der Waals surface area contributed by atoms with Gasteiger partial charge in [0.2, 0.25) is 0 Å². The molecule has 19 heavy (non-hydrogen) atoms. The van der Waals surface area contributed by atoms with Crippen molar-refractivity contribution in [3.8, 4) is 0 Å². The van der Waals surface area contributed by atoms with Crippen molar-refractivity contribution >= 4 is 49.9 Å². The van der Waals surface area contributed by atoms with Gasteiger partial charge in [0.25, 0.3) is 10.0 Å². The van der Waals surface area contributed by atoms with Crippen LogP contribution < -0.4 is 4.72 Å². The number of nitrogens with one attached hydrogen (secondary N) is 1. The Labute approximate surface area is 129 Å². The first-order chi connectivity index (χ1) is 8.88. The molecule has 0 saturated carbocycles. The molecule has 100 valence electrons. The summed E-state index contributed by atoms with van der Waals surface area (Å²) in [4.78, 5) is 0.0230. The van der Waals surface area contributed by atoms with E-state index in [0.717, 1.165) is 0 Å². The molecule has 0 aliphatic heterocycles. The van der Waals surface area contributed by atoms with E-state index >= 15 is 0 Å². The lowest BCUT2D eigenvalue weighted by Gasteiger charge is -2.09. The molecule has 0 aliphatic rings. The second-order valence-electron chi connectivity index (χ2n) is 3.68. The lowest BCUT2D eigenvalue weighted by molar-refractivity contribution is 0.598. The first-order valence-electron chi connectivity index (χ1n) is 5.12. The van der Waals surface area contributed by atoms with Gasteiger partial charge in [-0.25, -0.2) is 12.8 Å². The average Bonchev–Trinajstić information content (AvgIpc) is 2.33. The van der Waals surface area contributed by atoms with Gasteiger partial charge in [-0.3, -0.25) is 4.72 Å². The third-order valence-electron chi connectivity index (χ3n) is 2.30. The van der Waals surface area contributed by atoms with Crippen LogP contribution in [0.3, 0.4) is 0 Å². The highest BCUT2D eigenvalue weighted by Crippen LogP contribution is 2.21. The van der Waals surface area contributed by atoms with E-state index in [1.807, 2.05) is 22.6 Å². The Balaban J connectivity index is 2.33. The van der Waals surface area contributed by atoms with Crippen molar-refractivity contribution in [1.29, 1.82) is 0 Å². The summed E-state index contributed by atoms with van der Waals surface area (Å²) in [5.74, 6) is -0.621. The van der Waals surface area contributed by atoms with Gasteiger partial charge in [-0.05, 0) is 65.1 Å². The summed E-state index contributed by atoms with van der Waals surface area (Å²) in [5.41, 5.74) is -0.0876. The predicted octanol–water partition coefficient (Wildman–Crippen LogP) is 3.88. The second-order valence-corrected chi connectivity index (χ2v) is 7.05. The van der Waals surface area contributed by atoms with Crippen LogP contribution in [-0.2, 0) is 10.0 Å². The van der Waals surface area contributed by atoms with E-state index in [1.165, 1.54) is 36.4 Å². The molecule has 2 aromatic rings. The van der Waals surface area contributed by atoms with Gasteiger partial charge >= 0.3 is 0 Å². The Hall–Kier alpha value is -0.860. The molecular weight excluding hydrogens is 404 g/mol. The number of hydrogen-bond donors (Lipinski definition) is 1. The van der Waals surface area contributed by atoms with Crippen molar-refractivity contribution in [1.82, 2.24) is 0 Å². The molecular formula is C12H8ClFINO2S. The summed E-state index contributed by atoms with van der Waals surface area (Å²) in [6.45, 7) is 0. The largest absolute Gasteiger partial charge is 0.277 e. The van der Waals surface area contributed by atoms with E-state index in [0.29, 0.717) is 8.59 Å². The van der Waals surface area contributed by atoms with Gasteiger partial charge in [-0.1, -0.05) is 11.6 Å². The van der Waals surface area contributed by atoms with Crippen molar-refractivity contribution in [2.75, 3.05) is 4.72 Å². The standard InChI is InChI=1S/C12H8ClFINO2S/c13-8-1-4-10(5-2-8)19(17,18)16-12-6-3-9(15)7-11(12)14/h1-7,16H. The third kappa shape index (κ3) is 3.58. The third-order valence-corrected chi connectivity index (χ3v) is 4.60. The predicted molar refractivity (Wildman–Crippen MR) is 81.4 cm³/mol. The van der Waals surface area contributed by atoms with Crippen molar-refractivity contribution < 1.29 is 12.8 Å². The molecule has 0 bridgehead atoms. The number of rotatable bonds is 3. The highest BCUT2D eigenvalue weighted by molar-refractivity contribution is 14.1. The molecule has 0 amide bonds. The van der Waals surface area contributed by atoms with Crippen molar-refractivity contribution in [3.63, 3.8) is 0 Å². The maximum atomic E-state index is 13.6. The summed E-state index contributed by atoms with van der Waals surface area (Å²) in [7, 11) is -3.82. The molecule has 0 fully saturated rings. The van der Waals surface area contributed by atoms with Gasteiger partial charge in [-0.2, -0.15) is 0 Å². The lowest BCUT2D eigenvalue weighted by Crippen LogP contribution is -2.13. The molecule has 2 rings (SSSR count). The van der Waals surface area contributed by atoms with Crippen LogP contribution in [-0.4, -0.2) is 8.42 Å². The molecule has 0 radical (unpaired) electrons. The van der Waals surface area contributed by atoms with E-state index in [4.69, 9.17) is 11.6 Å². The van der Waals surface area contributed by atoms with Gasteiger partial charge in [0.05, 0.1) is 10.6 Å². The Bertz CT molecular complexity index is 704. The van der Waals surface area contributed by atoms with E-state index in [1.54, 1.807) is 6.07 Å². The summed E-state index contributed by atoms with van der Waals surface area (Å²) in [6, 6.07) is 9.87. The fourth-order valence-electron chi connectivity index (χ4n) is 1.39. The number of halogens is 3. The van der Waals surface area contributed by atoms with Crippen LogP contribution in [0.5, 0.6) is 0 Å². The Kier molecular flexibility index (Phi) is 4.32. The van der Waals surface area contributed by atoms with E-state index in [9.17, 15) is 12.8 Å². The topological polar surface area (TPSA) is 46.2 Å². The zero-order chi connectivity index (χ0) is 14.0. The molecule has 0 aromatic heterocycles. The molecule has 0 aliphatic carbocycles. The highest BCUT2D eigenvalue weighted by atomic mass is 127. The maximum Gasteiger partial charge on any atom is 0.261 e. The number of sulfonamides is 1. The Morgan fingerprint density at radius 1 is 1.11 bits per heavy atom. The average molecular weight is 412 g/mol. The van der Waals surface area contributed by atoms with Crippen LogP contribution in [0, 0.1) is 9.39 Å². The van der Waals surface area contributed by atoms with Crippen molar-refractivity contribution in [2.24, 2.45) is 0 Å². The number of benzene rings is 2. The van der Waals surface area contributed by atoms with Gasteiger partial charge in [0, 0.05) is 8.59 Å². The molecule has 0 saturated heterocycles. The monoisotopic (exact) mass is 411 g/mol. The van der Waals surface area contributed by atoms with Crippen molar-refractivity contribution in [3.05, 3.63) is 56.9 Å². The molecule has 7 heteroatoms. The summed E-state index contributed by atoms with van der Waals surface area (Å²) in [5, 5.41) is 0.430. The fraction of sp³-hybridized carbons (Fsp3) is 0. The lowest BCUT2D eigenvalue weighted by atomic mass is 10.3. The number of hydrogen-bond acceptors (Lipinski definition) is 2. The fourth-order valence-corrected chi connectivity index (χ4v) is 3.04. The van der Waals surface area contributed by atoms with Crippen LogP contribution in [0.4, 0.5) is 10.1 Å². The van der Waals surface area contributed by atoms with Gasteiger partial charge < -0.3 is 0 Å². The van der Waals surface area contributed by atoms with Crippen LogP contribution in [0.2, 0.25) is 5.02 Å². The smallest absolute Gasteiger partial charge is 0.261 e. The first-order valence-corrected chi connectivity index (χ1v) is 8.06. The van der Waals surface area contributed by atoms with Crippen LogP contribution >= 0.6 is 34.2 Å². The molecule has 0 spiro atoms. The second kappa shape index (κ2) is 5.64. The Morgan fingerprint density at radius 3 is 2.32 bits per heavy atom. The van der Waals surface area contributed by atoms with Gasteiger partial charge in [-0.15, -0.1) is 0 Å². The van der Waals surface area contributed by atoms with Crippen LogP contribution in [0.25, 0.3) is 0 Å². The highest BCUT2D eigenvalue weighted by Gasteiger charge is 2.16. The zero-order valence-corrected chi connectivity index (χ0v) is 13.1. The minimum Gasteiger partial charge on any atom is -0.277 e. The minimum absolute atomic E-state index is 0.0230. The quantitative estimate of drug-likeness (QED) is 0.779. The SMILES string of the molecule is O=S(=O)(Nc1ccc(I)cc1F)c1ccc(Cl)cc1. The molecule has 2 aromatic carbocycles. The normalized spacial score (nSPS) is 11.3. The first kappa shape index (κ1) is 14.5. The molecule has 0 unspecified atom stereocenters. The Morgan fingerprint density at radius 2 is 1.74 bits per heavy atom. The van der Waals surface area contributed by atoms with Crippen LogP contribution in [0.1, 0.15) is 0 Å². The van der Waals surface area contributed by atoms with E-state index in [-0.39, 0.29) is 10.6 Å². The minimum atomic E-state index is -3.82. The van der Waals surface area contributed by atoms with Crippen LogP contribution in [0.15, 0.2) is 47.4 Å². The summed E-state index contributed by atoms with van der Waals surface area (Å²) in [6.07, 6.45) is 0.